The summed E-state index contributed by atoms with van der Waals surface area (Å²) in [4.78, 5) is 47.3. The lowest BCUT2D eigenvalue weighted by Crippen LogP contribution is -2.16. The van der Waals surface area contributed by atoms with Crippen molar-refractivity contribution in [2.24, 2.45) is 0 Å². The average molecular weight is 376 g/mol. The van der Waals surface area contributed by atoms with Gasteiger partial charge in [0.2, 0.25) is 0 Å². The third-order valence-electron chi connectivity index (χ3n) is 3.52. The van der Waals surface area contributed by atoms with Crippen molar-refractivity contribution < 1.29 is 24.0 Å². The quantitative estimate of drug-likeness (QED) is 0.356. The summed E-state index contributed by atoms with van der Waals surface area (Å²) in [7, 11) is 0. The molecule has 0 unspecified atom stereocenters. The Labute approximate surface area is 152 Å². The number of carbonyl (C=O) groups is 3. The number of nitrogens with zero attached hydrogens (tertiary/aromatic N) is 1. The molecule has 0 saturated carbocycles. The average Bonchev–Trinajstić information content (AvgIpc) is 2.91. The predicted molar refractivity (Wildman–Crippen MR) is 96.1 cm³/mol. The van der Waals surface area contributed by atoms with Crippen molar-refractivity contribution in [1.29, 1.82) is 0 Å². The number of ether oxygens (including phenoxy) is 1. The van der Waals surface area contributed by atoms with E-state index in [0.717, 1.165) is 11.3 Å². The summed E-state index contributed by atoms with van der Waals surface area (Å²) in [5, 5.41) is 13.7. The Balaban J connectivity index is 2.47. The molecular weight excluding hydrogens is 360 g/mol. The maximum absolute atomic E-state index is 12.5. The van der Waals surface area contributed by atoms with Crippen LogP contribution in [-0.4, -0.2) is 29.2 Å². The summed E-state index contributed by atoms with van der Waals surface area (Å²) in [6.45, 7) is 4.69. The van der Waals surface area contributed by atoms with E-state index in [-0.39, 0.29) is 34.2 Å². The number of amides is 1. The van der Waals surface area contributed by atoms with E-state index < -0.39 is 16.8 Å². The Morgan fingerprint density at radius 3 is 2.50 bits per heavy atom. The molecule has 0 radical (unpaired) electrons. The Morgan fingerprint density at radius 2 is 1.92 bits per heavy atom. The first-order valence-electron chi connectivity index (χ1n) is 7.64. The van der Waals surface area contributed by atoms with Gasteiger partial charge in [-0.15, -0.1) is 11.3 Å². The van der Waals surface area contributed by atoms with Crippen LogP contribution in [0, 0.1) is 17.0 Å². The maximum atomic E-state index is 12.5. The second kappa shape index (κ2) is 7.87. The van der Waals surface area contributed by atoms with Gasteiger partial charge in [-0.1, -0.05) is 12.1 Å². The molecule has 136 valence electrons. The molecule has 1 aromatic heterocycles. The number of esters is 1. The number of nitrogens with one attached hydrogen (secondary N) is 1. The standard InChI is InChI=1S/C17H16N2O6S/c1-4-25-17(22)13-9(2)14(10(3)20)26-16(13)18-15(21)11-7-5-6-8-12(11)19(23)24/h5-8H,4H2,1-3H3,(H,18,21). The van der Waals surface area contributed by atoms with Crippen LogP contribution in [0.15, 0.2) is 24.3 Å². The molecule has 2 aromatic rings. The highest BCUT2D eigenvalue weighted by Gasteiger charge is 2.27. The number of rotatable bonds is 6. The van der Waals surface area contributed by atoms with E-state index in [0.29, 0.717) is 10.4 Å². The number of hydrogen-bond acceptors (Lipinski definition) is 7. The zero-order chi connectivity index (χ0) is 19.4. The van der Waals surface area contributed by atoms with Gasteiger partial charge in [0.1, 0.15) is 10.6 Å². The molecule has 0 aliphatic heterocycles. The smallest absolute Gasteiger partial charge is 0.341 e. The number of nitro groups is 1. The number of anilines is 1. The number of nitro benzene ring substituents is 1. The molecule has 0 saturated heterocycles. The number of para-hydroxylation sites is 1. The van der Waals surface area contributed by atoms with Crippen molar-refractivity contribution in [1.82, 2.24) is 0 Å². The molecule has 0 spiro atoms. The van der Waals surface area contributed by atoms with Crippen LogP contribution < -0.4 is 5.32 Å². The molecule has 26 heavy (non-hydrogen) atoms. The van der Waals surface area contributed by atoms with Crippen LogP contribution in [0.1, 0.15) is 49.8 Å². The molecule has 1 amide bonds. The van der Waals surface area contributed by atoms with Crippen molar-refractivity contribution in [2.45, 2.75) is 20.8 Å². The SMILES string of the molecule is CCOC(=O)c1c(NC(=O)c2ccccc2[N+](=O)[O-])sc(C(C)=O)c1C. The fourth-order valence-electron chi connectivity index (χ4n) is 2.38. The van der Waals surface area contributed by atoms with Gasteiger partial charge < -0.3 is 10.1 Å². The Morgan fingerprint density at radius 1 is 1.27 bits per heavy atom. The van der Waals surface area contributed by atoms with Gasteiger partial charge in [0.25, 0.3) is 11.6 Å². The molecule has 8 nitrogen and oxygen atoms in total. The highest BCUT2D eigenvalue weighted by molar-refractivity contribution is 7.18. The van der Waals surface area contributed by atoms with Gasteiger partial charge in [-0.25, -0.2) is 4.79 Å². The third kappa shape index (κ3) is 3.77. The molecule has 0 bridgehead atoms. The fraction of sp³-hybridized carbons (Fsp3) is 0.235. The van der Waals surface area contributed by atoms with Crippen LogP contribution in [0.3, 0.4) is 0 Å². The van der Waals surface area contributed by atoms with Crippen LogP contribution in [0.2, 0.25) is 0 Å². The van der Waals surface area contributed by atoms with Crippen LogP contribution in [0.25, 0.3) is 0 Å². The number of hydrogen-bond donors (Lipinski definition) is 1. The lowest BCUT2D eigenvalue weighted by atomic mass is 10.1. The van der Waals surface area contributed by atoms with Gasteiger partial charge in [0.15, 0.2) is 5.78 Å². The van der Waals surface area contributed by atoms with Gasteiger partial charge in [-0.05, 0) is 32.4 Å². The molecule has 0 fully saturated rings. The fourth-order valence-corrected chi connectivity index (χ4v) is 3.47. The molecule has 0 atom stereocenters. The minimum absolute atomic E-state index is 0.0778. The number of benzene rings is 1. The first kappa shape index (κ1) is 19.3. The first-order chi connectivity index (χ1) is 12.3. The van der Waals surface area contributed by atoms with Crippen LogP contribution >= 0.6 is 11.3 Å². The van der Waals surface area contributed by atoms with Gasteiger partial charge in [0.05, 0.1) is 22.0 Å². The number of ketones is 1. The molecule has 1 N–H and O–H groups in total. The summed E-state index contributed by atoms with van der Waals surface area (Å²) in [6.07, 6.45) is 0. The van der Waals surface area contributed by atoms with Crippen molar-refractivity contribution in [2.75, 3.05) is 11.9 Å². The lowest BCUT2D eigenvalue weighted by molar-refractivity contribution is -0.385. The van der Waals surface area contributed by atoms with Gasteiger partial charge in [0, 0.05) is 6.07 Å². The molecular formula is C17H16N2O6S. The predicted octanol–water partition coefficient (Wildman–Crippen LogP) is 3.60. The minimum atomic E-state index is -0.751. The summed E-state index contributed by atoms with van der Waals surface area (Å²) in [5.41, 5.74) is -0.0294. The van der Waals surface area contributed by atoms with Crippen molar-refractivity contribution in [3.05, 3.63) is 55.9 Å². The normalized spacial score (nSPS) is 10.3. The van der Waals surface area contributed by atoms with Crippen molar-refractivity contribution in [3.8, 4) is 0 Å². The highest BCUT2D eigenvalue weighted by Crippen LogP contribution is 2.34. The van der Waals surface area contributed by atoms with Crippen LogP contribution in [-0.2, 0) is 4.74 Å². The topological polar surface area (TPSA) is 116 Å². The van der Waals surface area contributed by atoms with E-state index in [4.69, 9.17) is 4.74 Å². The maximum Gasteiger partial charge on any atom is 0.341 e. The van der Waals surface area contributed by atoms with E-state index in [1.165, 1.54) is 31.2 Å². The molecule has 0 aliphatic carbocycles. The van der Waals surface area contributed by atoms with Crippen LogP contribution in [0.4, 0.5) is 10.7 Å². The third-order valence-corrected chi connectivity index (χ3v) is 4.83. The summed E-state index contributed by atoms with van der Waals surface area (Å²) < 4.78 is 4.99. The molecule has 9 heteroatoms. The van der Waals surface area contributed by atoms with Gasteiger partial charge in [-0.2, -0.15) is 0 Å². The molecule has 0 aliphatic rings. The first-order valence-corrected chi connectivity index (χ1v) is 8.45. The van der Waals surface area contributed by atoms with Gasteiger partial charge >= 0.3 is 5.97 Å². The second-order valence-electron chi connectivity index (χ2n) is 5.27. The summed E-state index contributed by atoms with van der Waals surface area (Å²) in [6, 6.07) is 5.46. The zero-order valence-corrected chi connectivity index (χ0v) is 15.1. The number of Topliss-reactive ketones (excluding diaryl/α,β-unsaturated/α-hetero) is 1. The van der Waals surface area contributed by atoms with Crippen LogP contribution in [0.5, 0.6) is 0 Å². The van der Waals surface area contributed by atoms with Crippen molar-refractivity contribution in [3.63, 3.8) is 0 Å². The molecule has 1 heterocycles. The zero-order valence-electron chi connectivity index (χ0n) is 14.3. The molecule has 1 aromatic carbocycles. The molecule has 2 rings (SSSR count). The van der Waals surface area contributed by atoms with E-state index in [9.17, 15) is 24.5 Å². The largest absolute Gasteiger partial charge is 0.462 e. The van der Waals surface area contributed by atoms with E-state index in [1.54, 1.807) is 13.8 Å². The minimum Gasteiger partial charge on any atom is -0.462 e. The number of thiophene rings is 1. The summed E-state index contributed by atoms with van der Waals surface area (Å²) >= 11 is 0.933. The summed E-state index contributed by atoms with van der Waals surface area (Å²) in [5.74, 6) is -1.69. The van der Waals surface area contributed by atoms with Gasteiger partial charge in [-0.3, -0.25) is 19.7 Å². The van der Waals surface area contributed by atoms with E-state index in [1.807, 2.05) is 0 Å². The monoisotopic (exact) mass is 376 g/mol. The van der Waals surface area contributed by atoms with E-state index in [2.05, 4.69) is 5.32 Å². The number of carbonyl (C=O) groups excluding carboxylic acids is 3. The Kier molecular flexibility index (Phi) is 5.83. The Hall–Kier alpha value is -3.07. The van der Waals surface area contributed by atoms with Crippen molar-refractivity contribution >= 4 is 39.7 Å². The second-order valence-corrected chi connectivity index (χ2v) is 6.29. The highest BCUT2D eigenvalue weighted by atomic mass is 32.1. The Bertz CT molecular complexity index is 903. The van der Waals surface area contributed by atoms with E-state index >= 15 is 0 Å². The lowest BCUT2D eigenvalue weighted by Gasteiger charge is -2.07.